The molecule has 1 amide bonds. The van der Waals surface area contributed by atoms with Crippen molar-refractivity contribution in [2.45, 2.75) is 24.8 Å². The Morgan fingerprint density at radius 2 is 2.07 bits per heavy atom. The molecule has 0 aliphatic heterocycles. The largest absolute Gasteiger partial charge is 0.467 e. The fourth-order valence-electron chi connectivity index (χ4n) is 2.89. The summed E-state index contributed by atoms with van der Waals surface area (Å²) in [6, 6.07) is 13.6. The van der Waals surface area contributed by atoms with Crippen molar-refractivity contribution >= 4 is 23.7 Å². The van der Waals surface area contributed by atoms with Crippen LogP contribution in [0.2, 0.25) is 0 Å². The fraction of sp³-hybridized carbons (Fsp3) is 0.238. The normalized spacial score (nSPS) is 12.4. The molecule has 1 atom stereocenters. The number of furan rings is 1. The van der Waals surface area contributed by atoms with E-state index in [0.717, 1.165) is 22.7 Å². The maximum absolute atomic E-state index is 12.3. The van der Waals surface area contributed by atoms with Crippen molar-refractivity contribution < 1.29 is 9.21 Å². The summed E-state index contributed by atoms with van der Waals surface area (Å²) in [5.41, 5.74) is 2.95. The number of nitrogens with one attached hydrogen (secondary N) is 1. The molecule has 6 heteroatoms. The van der Waals surface area contributed by atoms with Gasteiger partial charge < -0.3 is 9.73 Å². The van der Waals surface area contributed by atoms with Crippen molar-refractivity contribution in [3.05, 3.63) is 77.5 Å². The lowest BCUT2D eigenvalue weighted by Crippen LogP contribution is -2.31. The molecule has 0 aliphatic rings. The minimum Gasteiger partial charge on any atom is -0.467 e. The summed E-state index contributed by atoms with van der Waals surface area (Å²) in [6.07, 6.45) is 7.03. The fourth-order valence-corrected chi connectivity index (χ4v) is 3.30. The Morgan fingerprint density at radius 1 is 1.30 bits per heavy atom. The van der Waals surface area contributed by atoms with Crippen molar-refractivity contribution in [2.24, 2.45) is 0 Å². The molecule has 1 unspecified atom stereocenters. The summed E-state index contributed by atoms with van der Waals surface area (Å²) in [5.74, 6) is 0.611. The van der Waals surface area contributed by atoms with Crippen molar-refractivity contribution in [1.29, 1.82) is 0 Å². The lowest BCUT2D eigenvalue weighted by molar-refractivity contribution is -0.116. The number of amides is 1. The highest BCUT2D eigenvalue weighted by molar-refractivity contribution is 7.98. The number of aromatic nitrogens is 2. The Labute approximate surface area is 163 Å². The molecule has 0 bridgehead atoms. The third-order valence-corrected chi connectivity index (χ3v) is 4.97. The molecule has 0 fully saturated rings. The second kappa shape index (κ2) is 8.77. The topological polar surface area (TPSA) is 60.1 Å². The van der Waals surface area contributed by atoms with E-state index in [1.807, 2.05) is 73.3 Å². The molecule has 0 spiro atoms. The molecule has 1 N–H and O–H groups in total. The number of rotatable bonds is 7. The van der Waals surface area contributed by atoms with E-state index in [-0.39, 0.29) is 11.9 Å². The first-order valence-electron chi connectivity index (χ1n) is 8.73. The Morgan fingerprint density at radius 3 is 2.67 bits per heavy atom. The highest BCUT2D eigenvalue weighted by Gasteiger charge is 2.20. The first kappa shape index (κ1) is 19.0. The van der Waals surface area contributed by atoms with Crippen LogP contribution >= 0.6 is 11.8 Å². The standard InChI is InChI=1S/C21H23N3O2S/c1-15-13-16(2)24(23-15)19(20-5-4-12-26-20)14-22-21(25)11-8-17-6-9-18(27-3)10-7-17/h4-13,19H,14H2,1-3H3,(H,22,25)/b11-8+. The summed E-state index contributed by atoms with van der Waals surface area (Å²) >= 11 is 1.69. The molecule has 0 radical (unpaired) electrons. The maximum atomic E-state index is 12.3. The zero-order chi connectivity index (χ0) is 19.2. The molecule has 27 heavy (non-hydrogen) atoms. The van der Waals surface area contributed by atoms with Crippen molar-refractivity contribution in [1.82, 2.24) is 15.1 Å². The Balaban J connectivity index is 1.67. The zero-order valence-corrected chi connectivity index (χ0v) is 16.5. The van der Waals surface area contributed by atoms with Gasteiger partial charge in [-0.15, -0.1) is 11.8 Å². The van der Waals surface area contributed by atoms with Crippen LogP contribution in [0.5, 0.6) is 0 Å². The lowest BCUT2D eigenvalue weighted by atomic mass is 10.2. The second-order valence-corrected chi connectivity index (χ2v) is 7.13. The summed E-state index contributed by atoms with van der Waals surface area (Å²) in [4.78, 5) is 13.5. The van der Waals surface area contributed by atoms with Crippen LogP contribution in [0, 0.1) is 13.8 Å². The molecule has 5 nitrogen and oxygen atoms in total. The third-order valence-electron chi connectivity index (χ3n) is 4.22. The smallest absolute Gasteiger partial charge is 0.244 e. The summed E-state index contributed by atoms with van der Waals surface area (Å²) in [5, 5.41) is 7.49. The van der Waals surface area contributed by atoms with Gasteiger partial charge in [0.1, 0.15) is 11.8 Å². The van der Waals surface area contributed by atoms with Crippen LogP contribution < -0.4 is 5.32 Å². The average molecular weight is 382 g/mol. The quantitative estimate of drug-likeness (QED) is 0.491. The highest BCUT2D eigenvalue weighted by Crippen LogP contribution is 2.20. The van der Waals surface area contributed by atoms with Crippen molar-refractivity contribution in [3.63, 3.8) is 0 Å². The van der Waals surface area contributed by atoms with Crippen LogP contribution in [0.3, 0.4) is 0 Å². The maximum Gasteiger partial charge on any atom is 0.244 e. The number of hydrogen-bond donors (Lipinski definition) is 1. The van der Waals surface area contributed by atoms with E-state index in [9.17, 15) is 4.79 Å². The molecule has 2 aromatic heterocycles. The number of carbonyl (C=O) groups excluding carboxylic acids is 1. The van der Waals surface area contributed by atoms with Gasteiger partial charge in [-0.3, -0.25) is 9.48 Å². The summed E-state index contributed by atoms with van der Waals surface area (Å²) in [7, 11) is 0. The van der Waals surface area contributed by atoms with Crippen LogP contribution in [0.25, 0.3) is 6.08 Å². The number of thioether (sulfide) groups is 1. The SMILES string of the molecule is CSc1ccc(/C=C/C(=O)NCC(c2ccco2)n2nc(C)cc2C)cc1. The van der Waals surface area contributed by atoms with E-state index in [1.165, 1.54) is 4.90 Å². The van der Waals surface area contributed by atoms with Gasteiger partial charge in [0.2, 0.25) is 5.91 Å². The van der Waals surface area contributed by atoms with Crippen LogP contribution in [-0.2, 0) is 4.79 Å². The molecule has 1 aromatic carbocycles. The van der Waals surface area contributed by atoms with Gasteiger partial charge in [0.05, 0.1) is 12.0 Å². The van der Waals surface area contributed by atoms with E-state index >= 15 is 0 Å². The van der Waals surface area contributed by atoms with E-state index in [4.69, 9.17) is 4.42 Å². The van der Waals surface area contributed by atoms with Crippen molar-refractivity contribution in [3.8, 4) is 0 Å². The molecular formula is C21H23N3O2S. The minimum absolute atomic E-state index is 0.151. The Kier molecular flexibility index (Phi) is 6.19. The Hall–Kier alpha value is -2.73. The van der Waals surface area contributed by atoms with Crippen LogP contribution in [-0.4, -0.2) is 28.5 Å². The molecule has 140 valence electrons. The minimum atomic E-state index is -0.188. The first-order valence-corrected chi connectivity index (χ1v) is 9.95. The van der Waals surface area contributed by atoms with E-state index in [2.05, 4.69) is 10.4 Å². The van der Waals surface area contributed by atoms with Gasteiger partial charge in [-0.05, 0) is 62.1 Å². The predicted octanol–water partition coefficient (Wildman–Crippen LogP) is 4.23. The number of nitrogens with zero attached hydrogens (tertiary/aromatic N) is 2. The van der Waals surface area contributed by atoms with Gasteiger partial charge in [0.15, 0.2) is 0 Å². The van der Waals surface area contributed by atoms with E-state index < -0.39 is 0 Å². The van der Waals surface area contributed by atoms with Gasteiger partial charge in [0.25, 0.3) is 0 Å². The lowest BCUT2D eigenvalue weighted by Gasteiger charge is -2.17. The number of aryl methyl sites for hydroxylation is 2. The van der Waals surface area contributed by atoms with Crippen molar-refractivity contribution in [2.75, 3.05) is 12.8 Å². The molecule has 0 saturated heterocycles. The molecule has 3 rings (SSSR count). The predicted molar refractivity (Wildman–Crippen MR) is 109 cm³/mol. The monoisotopic (exact) mass is 381 g/mol. The molecular weight excluding hydrogens is 358 g/mol. The van der Waals surface area contributed by atoms with Crippen LogP contribution in [0.15, 0.2) is 64.1 Å². The van der Waals surface area contributed by atoms with E-state index in [1.54, 1.807) is 24.1 Å². The molecule has 0 saturated carbocycles. The zero-order valence-electron chi connectivity index (χ0n) is 15.7. The van der Waals surface area contributed by atoms with Gasteiger partial charge in [-0.25, -0.2) is 0 Å². The van der Waals surface area contributed by atoms with Crippen LogP contribution in [0.1, 0.15) is 28.8 Å². The van der Waals surface area contributed by atoms with E-state index in [0.29, 0.717) is 6.54 Å². The molecule has 3 aromatic rings. The van der Waals surface area contributed by atoms with Gasteiger partial charge in [-0.2, -0.15) is 5.10 Å². The molecule has 0 aliphatic carbocycles. The van der Waals surface area contributed by atoms with Gasteiger partial charge >= 0.3 is 0 Å². The number of benzene rings is 1. The second-order valence-electron chi connectivity index (χ2n) is 6.25. The summed E-state index contributed by atoms with van der Waals surface area (Å²) < 4.78 is 7.45. The Bertz CT molecular complexity index is 912. The third kappa shape index (κ3) is 4.92. The first-order chi connectivity index (χ1) is 13.1. The number of hydrogen-bond acceptors (Lipinski definition) is 4. The van der Waals surface area contributed by atoms with Gasteiger partial charge in [-0.1, -0.05) is 12.1 Å². The number of carbonyl (C=O) groups is 1. The highest BCUT2D eigenvalue weighted by atomic mass is 32.2. The van der Waals surface area contributed by atoms with Gasteiger partial charge in [0, 0.05) is 23.2 Å². The average Bonchev–Trinajstić information content (AvgIpc) is 3.31. The molecule has 2 heterocycles. The van der Waals surface area contributed by atoms with Crippen LogP contribution in [0.4, 0.5) is 0 Å². The summed E-state index contributed by atoms with van der Waals surface area (Å²) in [6.45, 7) is 4.34.